The molecular weight excluding hydrogens is 244 g/mol. The number of ether oxygens (including phenoxy) is 1. The number of benzene rings is 1. The second kappa shape index (κ2) is 4.23. The first-order valence-corrected chi connectivity index (χ1v) is 6.16. The molecule has 1 heterocycles. The van der Waals surface area contributed by atoms with Gasteiger partial charge in [0.2, 0.25) is 0 Å². The maximum absolute atomic E-state index is 11.0. The molecule has 1 aromatic carbocycles. The van der Waals surface area contributed by atoms with E-state index in [1.165, 1.54) is 31.6 Å². The molecule has 2 aromatic rings. The fraction of sp³-hybridized carbons (Fsp3) is 0.0909. The van der Waals surface area contributed by atoms with Gasteiger partial charge in [0.05, 0.1) is 23.8 Å². The summed E-state index contributed by atoms with van der Waals surface area (Å²) in [5.74, 6) is 0.930. The molecule has 0 bridgehead atoms. The highest BCUT2D eigenvalue weighted by atomic mass is 32.2. The van der Waals surface area contributed by atoms with Crippen molar-refractivity contribution in [3.63, 3.8) is 0 Å². The molecule has 17 heavy (non-hydrogen) atoms. The Bertz CT molecular complexity index is 613. The van der Waals surface area contributed by atoms with Crippen LogP contribution in [-0.2, 0) is 10.1 Å². The van der Waals surface area contributed by atoms with Gasteiger partial charge in [-0.05, 0) is 30.3 Å². The number of hydrogen-bond donors (Lipinski definition) is 1. The summed E-state index contributed by atoms with van der Waals surface area (Å²) in [7, 11) is -2.77. The van der Waals surface area contributed by atoms with E-state index in [1.54, 1.807) is 12.1 Å². The minimum Gasteiger partial charge on any atom is -0.496 e. The van der Waals surface area contributed by atoms with Gasteiger partial charge in [0.25, 0.3) is 10.1 Å². The van der Waals surface area contributed by atoms with Crippen LogP contribution in [0.2, 0.25) is 0 Å². The highest BCUT2D eigenvalue weighted by Gasteiger charge is 2.15. The number of furan rings is 1. The summed E-state index contributed by atoms with van der Waals surface area (Å²) in [6.07, 6.45) is 1.47. The van der Waals surface area contributed by atoms with Crippen LogP contribution in [0.1, 0.15) is 0 Å². The lowest BCUT2D eigenvalue weighted by Crippen LogP contribution is -1.99. The van der Waals surface area contributed by atoms with Crippen LogP contribution in [0.25, 0.3) is 11.3 Å². The van der Waals surface area contributed by atoms with Crippen LogP contribution in [0, 0.1) is 0 Å². The summed E-state index contributed by atoms with van der Waals surface area (Å²) in [6.45, 7) is 0. The zero-order chi connectivity index (χ0) is 12.5. The van der Waals surface area contributed by atoms with Crippen molar-refractivity contribution in [2.45, 2.75) is 4.90 Å². The van der Waals surface area contributed by atoms with Gasteiger partial charge in [-0.25, -0.2) is 0 Å². The summed E-state index contributed by atoms with van der Waals surface area (Å²) in [5.41, 5.74) is 0.465. The van der Waals surface area contributed by atoms with E-state index >= 15 is 0 Å². The number of rotatable bonds is 3. The van der Waals surface area contributed by atoms with Crippen molar-refractivity contribution in [3.8, 4) is 17.1 Å². The topological polar surface area (TPSA) is 76.7 Å². The van der Waals surface area contributed by atoms with E-state index in [4.69, 9.17) is 13.7 Å². The lowest BCUT2D eigenvalue weighted by Gasteiger charge is -2.07. The summed E-state index contributed by atoms with van der Waals surface area (Å²) in [4.78, 5) is -0.204. The van der Waals surface area contributed by atoms with Crippen LogP contribution >= 0.6 is 0 Å². The van der Waals surface area contributed by atoms with Gasteiger partial charge in [-0.15, -0.1) is 0 Å². The fourth-order valence-corrected chi connectivity index (χ4v) is 1.98. The lowest BCUT2D eigenvalue weighted by molar-refractivity contribution is 0.414. The van der Waals surface area contributed by atoms with Gasteiger partial charge in [-0.1, -0.05) is 0 Å². The Labute approximate surface area is 98.4 Å². The second-order valence-corrected chi connectivity index (χ2v) is 4.74. The summed E-state index contributed by atoms with van der Waals surface area (Å²) in [5, 5.41) is 0. The third-order valence-electron chi connectivity index (χ3n) is 2.26. The number of methoxy groups -OCH3 is 1. The minimum atomic E-state index is -4.24. The summed E-state index contributed by atoms with van der Waals surface area (Å²) >= 11 is 0. The van der Waals surface area contributed by atoms with Crippen LogP contribution in [0.5, 0.6) is 5.75 Å². The zero-order valence-electron chi connectivity index (χ0n) is 8.95. The molecule has 0 aliphatic heterocycles. The van der Waals surface area contributed by atoms with Crippen LogP contribution < -0.4 is 4.74 Å². The summed E-state index contributed by atoms with van der Waals surface area (Å²) < 4.78 is 41.3. The molecule has 0 saturated carbocycles. The molecular formula is C11H10O5S. The van der Waals surface area contributed by atoms with Crippen LogP contribution in [0.4, 0.5) is 0 Å². The van der Waals surface area contributed by atoms with E-state index in [0.29, 0.717) is 17.1 Å². The maximum Gasteiger partial charge on any atom is 0.294 e. The molecule has 0 unspecified atom stereocenters. The van der Waals surface area contributed by atoms with Gasteiger partial charge in [-0.2, -0.15) is 8.42 Å². The van der Waals surface area contributed by atoms with Crippen molar-refractivity contribution in [1.29, 1.82) is 0 Å². The third kappa shape index (κ3) is 2.32. The Morgan fingerprint density at radius 1 is 1.29 bits per heavy atom. The molecule has 0 saturated heterocycles. The fourth-order valence-electron chi connectivity index (χ4n) is 1.47. The molecule has 0 radical (unpaired) electrons. The van der Waals surface area contributed by atoms with E-state index in [9.17, 15) is 8.42 Å². The van der Waals surface area contributed by atoms with Crippen LogP contribution in [0.15, 0.2) is 45.9 Å². The van der Waals surface area contributed by atoms with Crippen LogP contribution in [0.3, 0.4) is 0 Å². The monoisotopic (exact) mass is 254 g/mol. The molecule has 0 fully saturated rings. The molecule has 2 rings (SSSR count). The van der Waals surface area contributed by atoms with Crippen LogP contribution in [-0.4, -0.2) is 20.1 Å². The largest absolute Gasteiger partial charge is 0.496 e. The van der Waals surface area contributed by atoms with Gasteiger partial charge in [-0.3, -0.25) is 4.55 Å². The Kier molecular flexibility index (Phi) is 2.91. The smallest absolute Gasteiger partial charge is 0.294 e. The molecule has 0 atom stereocenters. The number of hydrogen-bond acceptors (Lipinski definition) is 4. The predicted molar refractivity (Wildman–Crippen MR) is 60.5 cm³/mol. The normalized spacial score (nSPS) is 11.4. The molecule has 0 amide bonds. The first-order valence-electron chi connectivity index (χ1n) is 4.72. The average molecular weight is 254 g/mol. The molecule has 0 aliphatic carbocycles. The van der Waals surface area contributed by atoms with E-state index in [1.807, 2.05) is 0 Å². The van der Waals surface area contributed by atoms with Gasteiger partial charge in [0.1, 0.15) is 11.5 Å². The van der Waals surface area contributed by atoms with Gasteiger partial charge >= 0.3 is 0 Å². The molecule has 1 aromatic heterocycles. The Hall–Kier alpha value is -1.79. The van der Waals surface area contributed by atoms with Crippen molar-refractivity contribution in [3.05, 3.63) is 36.6 Å². The molecule has 0 aliphatic rings. The Morgan fingerprint density at radius 2 is 2.06 bits per heavy atom. The SMILES string of the molecule is COc1ccc(S(=O)(=O)O)cc1-c1ccco1. The first-order chi connectivity index (χ1) is 8.02. The quantitative estimate of drug-likeness (QED) is 0.850. The standard InChI is InChI=1S/C11H10O5S/c1-15-10-5-4-8(17(12,13)14)7-9(10)11-3-2-6-16-11/h2-7H,1H3,(H,12,13,14). The average Bonchev–Trinajstić information content (AvgIpc) is 2.80. The molecule has 5 nitrogen and oxygen atoms in total. The van der Waals surface area contributed by atoms with Gasteiger partial charge in [0.15, 0.2) is 0 Å². The predicted octanol–water partition coefficient (Wildman–Crippen LogP) is 2.20. The molecule has 6 heteroatoms. The van der Waals surface area contributed by atoms with Crippen molar-refractivity contribution in [2.75, 3.05) is 7.11 Å². The molecule has 0 spiro atoms. The maximum atomic E-state index is 11.0. The highest BCUT2D eigenvalue weighted by molar-refractivity contribution is 7.85. The Morgan fingerprint density at radius 3 is 2.59 bits per heavy atom. The van der Waals surface area contributed by atoms with E-state index in [-0.39, 0.29) is 4.90 Å². The molecule has 90 valence electrons. The van der Waals surface area contributed by atoms with E-state index < -0.39 is 10.1 Å². The van der Waals surface area contributed by atoms with E-state index in [0.717, 1.165) is 0 Å². The molecule has 1 N–H and O–H groups in total. The first kappa shape index (κ1) is 11.7. The minimum absolute atomic E-state index is 0.204. The van der Waals surface area contributed by atoms with Crippen molar-refractivity contribution in [2.24, 2.45) is 0 Å². The third-order valence-corrected chi connectivity index (χ3v) is 3.11. The van der Waals surface area contributed by atoms with Crippen molar-refractivity contribution < 1.29 is 22.1 Å². The zero-order valence-corrected chi connectivity index (χ0v) is 9.77. The van der Waals surface area contributed by atoms with Crippen molar-refractivity contribution in [1.82, 2.24) is 0 Å². The van der Waals surface area contributed by atoms with Gasteiger partial charge < -0.3 is 9.15 Å². The Balaban J connectivity index is 2.63. The highest BCUT2D eigenvalue weighted by Crippen LogP contribution is 2.32. The summed E-state index contributed by atoms with van der Waals surface area (Å²) in [6, 6.07) is 7.37. The lowest BCUT2D eigenvalue weighted by atomic mass is 10.1. The van der Waals surface area contributed by atoms with E-state index in [2.05, 4.69) is 0 Å². The van der Waals surface area contributed by atoms with Gasteiger partial charge in [0, 0.05) is 0 Å². The second-order valence-electron chi connectivity index (χ2n) is 3.31. The van der Waals surface area contributed by atoms with Crippen molar-refractivity contribution >= 4 is 10.1 Å².